The minimum Gasteiger partial charge on any atom is -0.462 e. The quantitative estimate of drug-likeness (QED) is 0.381. The third-order valence-electron chi connectivity index (χ3n) is 5.40. The molecule has 11 heteroatoms. The number of amides is 1. The van der Waals surface area contributed by atoms with Gasteiger partial charge in [0.05, 0.1) is 17.1 Å². The Bertz CT molecular complexity index is 1100. The Labute approximate surface area is 190 Å². The number of anilines is 1. The monoisotopic (exact) mass is 463 g/mol. The molecule has 0 unspecified atom stereocenters. The second kappa shape index (κ2) is 8.28. The molecule has 0 bridgehead atoms. The number of thiophene rings is 1. The summed E-state index contributed by atoms with van der Waals surface area (Å²) in [6.07, 6.45) is 0.607. The van der Waals surface area contributed by atoms with Gasteiger partial charge in [-0.2, -0.15) is 5.10 Å². The van der Waals surface area contributed by atoms with Gasteiger partial charge < -0.3 is 15.4 Å². The Morgan fingerprint density at radius 3 is 2.53 bits per heavy atom. The van der Waals surface area contributed by atoms with Gasteiger partial charge in [-0.05, 0) is 60.5 Å². The second-order valence-electron chi connectivity index (χ2n) is 9.13. The SMILES string of the molecule is CCOC(=O)c1c(NC(=O)Cn2nc(C)c([N+](=O)[O-])c2C)sc2c1CC(C)(C)NC2(C)C. The number of carbonyl (C=O) groups is 2. The van der Waals surface area contributed by atoms with Crippen molar-refractivity contribution in [2.24, 2.45) is 0 Å². The average Bonchev–Trinajstić information content (AvgIpc) is 3.10. The van der Waals surface area contributed by atoms with Gasteiger partial charge in [0.1, 0.15) is 22.9 Å². The van der Waals surface area contributed by atoms with Crippen molar-refractivity contribution in [3.05, 3.63) is 37.5 Å². The van der Waals surface area contributed by atoms with Crippen molar-refractivity contribution in [1.29, 1.82) is 0 Å². The van der Waals surface area contributed by atoms with E-state index in [4.69, 9.17) is 4.74 Å². The van der Waals surface area contributed by atoms with E-state index in [1.54, 1.807) is 13.8 Å². The van der Waals surface area contributed by atoms with Crippen LogP contribution in [0.5, 0.6) is 0 Å². The van der Waals surface area contributed by atoms with Crippen LogP contribution >= 0.6 is 11.3 Å². The van der Waals surface area contributed by atoms with Gasteiger partial charge in [-0.1, -0.05) is 0 Å². The molecule has 174 valence electrons. The number of aromatic nitrogens is 2. The molecular formula is C21H29N5O5S. The molecule has 2 N–H and O–H groups in total. The zero-order valence-electron chi connectivity index (χ0n) is 19.4. The predicted octanol–water partition coefficient (Wildman–Crippen LogP) is 3.44. The standard InChI is InChI=1S/C21H29N5O5S/c1-8-31-19(28)15-13-9-20(4,5)24-21(6,7)17(13)32-18(15)22-14(27)10-25-12(3)16(26(29)30)11(2)23-25/h24H,8-10H2,1-7H3,(H,22,27). The first-order chi connectivity index (χ1) is 14.8. The highest BCUT2D eigenvalue weighted by Crippen LogP contribution is 2.45. The van der Waals surface area contributed by atoms with E-state index in [2.05, 4.69) is 29.6 Å². The average molecular weight is 464 g/mol. The van der Waals surface area contributed by atoms with Gasteiger partial charge in [-0.25, -0.2) is 4.79 Å². The zero-order valence-corrected chi connectivity index (χ0v) is 20.2. The van der Waals surface area contributed by atoms with Gasteiger partial charge in [-0.15, -0.1) is 11.3 Å². The fourth-order valence-corrected chi connectivity index (χ4v) is 5.72. The maximum Gasteiger partial charge on any atom is 0.341 e. The number of hydrogen-bond donors (Lipinski definition) is 2. The number of hydrogen-bond acceptors (Lipinski definition) is 8. The lowest BCUT2D eigenvalue weighted by atomic mass is 9.81. The molecule has 1 aliphatic rings. The van der Waals surface area contributed by atoms with E-state index in [0.29, 0.717) is 22.7 Å². The molecule has 1 aliphatic heterocycles. The topological polar surface area (TPSA) is 128 Å². The number of esters is 1. The summed E-state index contributed by atoms with van der Waals surface area (Å²) in [5.41, 5.74) is 1.04. The Kier molecular flexibility index (Phi) is 6.18. The zero-order chi connectivity index (χ0) is 24.0. The first-order valence-corrected chi connectivity index (χ1v) is 11.2. The summed E-state index contributed by atoms with van der Waals surface area (Å²) in [5, 5.41) is 22.2. The van der Waals surface area contributed by atoms with E-state index in [0.717, 1.165) is 10.4 Å². The van der Waals surface area contributed by atoms with E-state index in [1.165, 1.54) is 22.9 Å². The van der Waals surface area contributed by atoms with Gasteiger partial charge in [0.15, 0.2) is 0 Å². The number of nitrogens with zero attached hydrogens (tertiary/aromatic N) is 3. The highest BCUT2D eigenvalue weighted by atomic mass is 32.1. The molecule has 0 atom stereocenters. The summed E-state index contributed by atoms with van der Waals surface area (Å²) < 4.78 is 6.60. The smallest absolute Gasteiger partial charge is 0.341 e. The van der Waals surface area contributed by atoms with Crippen LogP contribution in [0.15, 0.2) is 0 Å². The molecule has 0 radical (unpaired) electrons. The van der Waals surface area contributed by atoms with Gasteiger partial charge in [0, 0.05) is 16.0 Å². The Hall–Kier alpha value is -2.79. The van der Waals surface area contributed by atoms with Crippen molar-refractivity contribution in [2.75, 3.05) is 11.9 Å². The summed E-state index contributed by atoms with van der Waals surface area (Å²) in [5.74, 6) is -0.907. The second-order valence-corrected chi connectivity index (χ2v) is 10.1. The molecule has 0 fully saturated rings. The third-order valence-corrected chi connectivity index (χ3v) is 6.87. The molecule has 0 spiro atoms. The molecule has 0 aliphatic carbocycles. The minimum absolute atomic E-state index is 0.105. The molecule has 2 aromatic heterocycles. The van der Waals surface area contributed by atoms with Gasteiger partial charge in [0.25, 0.3) is 0 Å². The fourth-order valence-electron chi connectivity index (χ4n) is 4.44. The largest absolute Gasteiger partial charge is 0.462 e. The summed E-state index contributed by atoms with van der Waals surface area (Å²) in [6.45, 7) is 13.0. The number of fused-ring (bicyclic) bond motifs is 1. The van der Waals surface area contributed by atoms with Crippen molar-refractivity contribution < 1.29 is 19.2 Å². The van der Waals surface area contributed by atoms with Crippen LogP contribution in [0.4, 0.5) is 10.7 Å². The number of nitro groups is 1. The highest BCUT2D eigenvalue weighted by Gasteiger charge is 2.42. The lowest BCUT2D eigenvalue weighted by Crippen LogP contribution is -2.55. The van der Waals surface area contributed by atoms with Crippen molar-refractivity contribution >= 4 is 33.9 Å². The van der Waals surface area contributed by atoms with Gasteiger partial charge >= 0.3 is 11.7 Å². The number of rotatable bonds is 6. The molecule has 0 aromatic carbocycles. The van der Waals surface area contributed by atoms with Crippen LogP contribution in [0.2, 0.25) is 0 Å². The summed E-state index contributed by atoms with van der Waals surface area (Å²) in [6, 6.07) is 0. The summed E-state index contributed by atoms with van der Waals surface area (Å²) in [4.78, 5) is 37.4. The lowest BCUT2D eigenvalue weighted by molar-refractivity contribution is -0.386. The van der Waals surface area contributed by atoms with E-state index in [9.17, 15) is 19.7 Å². The van der Waals surface area contributed by atoms with Gasteiger partial charge in [0.2, 0.25) is 5.91 Å². The number of ether oxygens (including phenoxy) is 1. The van der Waals surface area contributed by atoms with Crippen molar-refractivity contribution in [2.45, 2.75) is 72.5 Å². The van der Waals surface area contributed by atoms with Crippen molar-refractivity contribution in [3.63, 3.8) is 0 Å². The maximum atomic E-state index is 12.9. The molecule has 0 saturated carbocycles. The molecule has 1 amide bonds. The van der Waals surface area contributed by atoms with Crippen molar-refractivity contribution in [1.82, 2.24) is 15.1 Å². The van der Waals surface area contributed by atoms with Crippen molar-refractivity contribution in [3.8, 4) is 0 Å². The molecule has 10 nitrogen and oxygen atoms in total. The van der Waals surface area contributed by atoms with Crippen LogP contribution in [-0.4, -0.2) is 38.7 Å². The van der Waals surface area contributed by atoms with E-state index in [-0.39, 0.29) is 30.1 Å². The number of aryl methyl sites for hydroxylation is 1. The van der Waals surface area contributed by atoms with Crippen LogP contribution in [-0.2, 0) is 28.0 Å². The Morgan fingerprint density at radius 1 is 1.31 bits per heavy atom. The first kappa shape index (κ1) is 23.9. The van der Waals surface area contributed by atoms with Crippen LogP contribution in [0.3, 0.4) is 0 Å². The number of carbonyl (C=O) groups excluding carboxylic acids is 2. The van der Waals surface area contributed by atoms with Crippen LogP contribution in [0.1, 0.15) is 66.8 Å². The van der Waals surface area contributed by atoms with Gasteiger partial charge in [-0.3, -0.25) is 19.6 Å². The first-order valence-electron chi connectivity index (χ1n) is 10.4. The highest BCUT2D eigenvalue weighted by molar-refractivity contribution is 7.17. The fraction of sp³-hybridized carbons (Fsp3) is 0.571. The molecule has 32 heavy (non-hydrogen) atoms. The van der Waals surface area contributed by atoms with Crippen LogP contribution < -0.4 is 10.6 Å². The Balaban J connectivity index is 1.97. The molecule has 0 saturated heterocycles. The number of nitrogens with one attached hydrogen (secondary N) is 2. The van der Waals surface area contributed by atoms with E-state index < -0.39 is 22.3 Å². The summed E-state index contributed by atoms with van der Waals surface area (Å²) in [7, 11) is 0. The Morgan fingerprint density at radius 2 is 1.97 bits per heavy atom. The van der Waals surface area contributed by atoms with E-state index in [1.807, 2.05) is 13.8 Å². The molecule has 3 heterocycles. The van der Waals surface area contributed by atoms with Crippen LogP contribution in [0.25, 0.3) is 0 Å². The minimum atomic E-state index is -0.505. The lowest BCUT2D eigenvalue weighted by Gasteiger charge is -2.42. The predicted molar refractivity (Wildman–Crippen MR) is 121 cm³/mol. The van der Waals surface area contributed by atoms with Crippen LogP contribution in [0, 0.1) is 24.0 Å². The maximum absolute atomic E-state index is 12.9. The molecular weight excluding hydrogens is 434 g/mol. The third kappa shape index (κ3) is 4.40. The molecule has 2 aromatic rings. The normalized spacial score (nSPS) is 16.3. The summed E-state index contributed by atoms with van der Waals surface area (Å²) >= 11 is 1.35. The molecule has 3 rings (SSSR count). The van der Waals surface area contributed by atoms with E-state index >= 15 is 0 Å².